The van der Waals surface area contributed by atoms with Crippen LogP contribution in [0.25, 0.3) is 0 Å². The SMILES string of the molecule is CC1=C(C[C@@H](O)C[C@H](O)\C=C/C=C/C(C)=C/C=C/[C@H](C)[C@@H](O)[C@H](C)CCc2ccccc2)O[C@@](C)(O)C1=O. The number of hydrogen-bond acceptors (Lipinski definition) is 6. The molecular weight excluding hydrogens is 480 g/mol. The first kappa shape index (κ1) is 31.4. The van der Waals surface area contributed by atoms with Gasteiger partial charge in [-0.2, -0.15) is 0 Å². The van der Waals surface area contributed by atoms with Crippen molar-refractivity contribution in [2.24, 2.45) is 11.8 Å². The minimum Gasteiger partial charge on any atom is -0.459 e. The van der Waals surface area contributed by atoms with E-state index in [1.54, 1.807) is 19.1 Å². The van der Waals surface area contributed by atoms with E-state index >= 15 is 0 Å². The van der Waals surface area contributed by atoms with Crippen molar-refractivity contribution in [1.82, 2.24) is 0 Å². The Labute approximate surface area is 227 Å². The van der Waals surface area contributed by atoms with Gasteiger partial charge < -0.3 is 25.2 Å². The summed E-state index contributed by atoms with van der Waals surface area (Å²) in [7, 11) is 0. The summed E-state index contributed by atoms with van der Waals surface area (Å²) in [5.74, 6) is -1.92. The molecule has 2 rings (SSSR count). The molecule has 6 heteroatoms. The minimum absolute atomic E-state index is 0.0358. The number of Topliss-reactive ketones (excluding diaryl/α,β-unsaturated/α-hetero) is 1. The normalized spacial score (nSPS) is 22.9. The van der Waals surface area contributed by atoms with Crippen LogP contribution in [0.2, 0.25) is 0 Å². The van der Waals surface area contributed by atoms with Gasteiger partial charge in [-0.3, -0.25) is 4.79 Å². The monoisotopic (exact) mass is 524 g/mol. The van der Waals surface area contributed by atoms with E-state index in [-0.39, 0.29) is 30.4 Å². The fourth-order valence-electron chi connectivity index (χ4n) is 4.37. The second-order valence-electron chi connectivity index (χ2n) is 10.5. The first-order chi connectivity index (χ1) is 17.9. The number of aryl methyl sites for hydroxylation is 1. The fourth-order valence-corrected chi connectivity index (χ4v) is 4.37. The number of rotatable bonds is 14. The van der Waals surface area contributed by atoms with E-state index in [0.29, 0.717) is 5.57 Å². The first-order valence-corrected chi connectivity index (χ1v) is 13.3. The van der Waals surface area contributed by atoms with Crippen molar-refractivity contribution in [3.05, 3.63) is 95.3 Å². The molecule has 0 spiro atoms. The van der Waals surface area contributed by atoms with Crippen LogP contribution in [0.3, 0.4) is 0 Å². The standard InChI is InChI=1S/C32H44O6/c1-22(13-11-14-23(2)30(35)24(3)18-19-26-15-7-6-8-16-26)12-9-10-17-27(33)20-28(34)21-29-25(4)31(36)32(5,37)38-29/h6-17,23-24,27-28,30,33-35,37H,18-21H2,1-5H3/b12-9+,14-11+,17-10-,22-13+/t23-,24+,27+,28-,30+,32+/m0/s1. The molecule has 0 saturated heterocycles. The zero-order valence-corrected chi connectivity index (χ0v) is 23.2. The highest BCUT2D eigenvalue weighted by atomic mass is 16.6. The predicted octanol–water partition coefficient (Wildman–Crippen LogP) is 4.95. The van der Waals surface area contributed by atoms with Crippen LogP contribution >= 0.6 is 0 Å². The third-order valence-corrected chi connectivity index (χ3v) is 6.87. The maximum Gasteiger partial charge on any atom is 0.269 e. The molecule has 208 valence electrons. The molecule has 0 aromatic heterocycles. The zero-order chi connectivity index (χ0) is 28.3. The minimum atomic E-state index is -1.89. The number of aliphatic hydroxyl groups is 4. The Kier molecular flexibility index (Phi) is 12.4. The van der Waals surface area contributed by atoms with Crippen molar-refractivity contribution in [2.45, 2.75) is 84.4 Å². The largest absolute Gasteiger partial charge is 0.459 e. The Hall–Kier alpha value is -2.77. The average Bonchev–Trinajstić information content (AvgIpc) is 3.06. The van der Waals surface area contributed by atoms with Crippen LogP contribution in [-0.4, -0.2) is 50.3 Å². The molecule has 1 heterocycles. The number of ketones is 1. The number of benzene rings is 1. The highest BCUT2D eigenvalue weighted by Crippen LogP contribution is 2.31. The first-order valence-electron chi connectivity index (χ1n) is 13.3. The maximum absolute atomic E-state index is 11.9. The van der Waals surface area contributed by atoms with E-state index in [1.807, 2.05) is 62.4 Å². The van der Waals surface area contributed by atoms with Gasteiger partial charge in [-0.1, -0.05) is 92.3 Å². The third-order valence-electron chi connectivity index (χ3n) is 6.87. The van der Waals surface area contributed by atoms with Gasteiger partial charge in [0.2, 0.25) is 5.78 Å². The van der Waals surface area contributed by atoms with Gasteiger partial charge in [-0.25, -0.2) is 0 Å². The van der Waals surface area contributed by atoms with Gasteiger partial charge in [0.05, 0.1) is 18.3 Å². The molecule has 0 unspecified atom stereocenters. The van der Waals surface area contributed by atoms with Crippen molar-refractivity contribution in [3.8, 4) is 0 Å². The summed E-state index contributed by atoms with van der Waals surface area (Å²) in [5.41, 5.74) is 2.59. The molecule has 0 aliphatic carbocycles. The van der Waals surface area contributed by atoms with Crippen LogP contribution in [0.5, 0.6) is 0 Å². The Balaban J connectivity index is 1.74. The van der Waals surface area contributed by atoms with Gasteiger partial charge in [0.15, 0.2) is 0 Å². The Bertz CT molecular complexity index is 1050. The van der Waals surface area contributed by atoms with Crippen LogP contribution in [0, 0.1) is 11.8 Å². The average molecular weight is 525 g/mol. The second-order valence-corrected chi connectivity index (χ2v) is 10.5. The number of ether oxygens (including phenoxy) is 1. The fraction of sp³-hybridized carbons (Fsp3) is 0.469. The molecule has 1 aromatic rings. The van der Waals surface area contributed by atoms with Crippen LogP contribution in [0.1, 0.15) is 59.4 Å². The van der Waals surface area contributed by atoms with Gasteiger partial charge >= 0.3 is 0 Å². The molecule has 38 heavy (non-hydrogen) atoms. The maximum atomic E-state index is 11.9. The predicted molar refractivity (Wildman–Crippen MR) is 151 cm³/mol. The number of carbonyl (C=O) groups excluding carboxylic acids is 1. The summed E-state index contributed by atoms with van der Waals surface area (Å²) in [6.07, 6.45) is 12.7. The highest BCUT2D eigenvalue weighted by Gasteiger charge is 2.42. The van der Waals surface area contributed by atoms with Crippen molar-refractivity contribution < 1.29 is 30.0 Å². The van der Waals surface area contributed by atoms with Crippen molar-refractivity contribution in [2.75, 3.05) is 0 Å². The van der Waals surface area contributed by atoms with Crippen molar-refractivity contribution in [3.63, 3.8) is 0 Å². The van der Waals surface area contributed by atoms with E-state index in [9.17, 15) is 25.2 Å². The number of hydrogen-bond donors (Lipinski definition) is 4. The Morgan fingerprint density at radius 3 is 2.37 bits per heavy atom. The molecule has 1 aliphatic rings. The lowest BCUT2D eigenvalue weighted by molar-refractivity contribution is -0.171. The summed E-state index contributed by atoms with van der Waals surface area (Å²) in [6, 6.07) is 10.3. The number of allylic oxidation sites excluding steroid dienone is 6. The number of carbonyl (C=O) groups is 1. The molecule has 0 amide bonds. The second kappa shape index (κ2) is 15.0. The van der Waals surface area contributed by atoms with Gasteiger partial charge in [0, 0.05) is 31.3 Å². The van der Waals surface area contributed by atoms with E-state index in [1.165, 1.54) is 12.5 Å². The molecular formula is C32H44O6. The van der Waals surface area contributed by atoms with Crippen molar-refractivity contribution in [1.29, 1.82) is 0 Å². The van der Waals surface area contributed by atoms with E-state index in [0.717, 1.165) is 18.4 Å². The molecule has 1 aromatic carbocycles. The lowest BCUT2D eigenvalue weighted by Crippen LogP contribution is -2.32. The lowest BCUT2D eigenvalue weighted by atomic mass is 9.88. The summed E-state index contributed by atoms with van der Waals surface area (Å²) in [4.78, 5) is 11.9. The molecule has 0 radical (unpaired) electrons. The summed E-state index contributed by atoms with van der Waals surface area (Å²) < 4.78 is 5.24. The van der Waals surface area contributed by atoms with E-state index in [4.69, 9.17) is 4.74 Å². The molecule has 4 N–H and O–H groups in total. The van der Waals surface area contributed by atoms with E-state index in [2.05, 4.69) is 19.1 Å². The van der Waals surface area contributed by atoms with E-state index < -0.39 is 29.9 Å². The van der Waals surface area contributed by atoms with Gasteiger partial charge in [0.1, 0.15) is 5.76 Å². The van der Waals surface area contributed by atoms with Gasteiger partial charge in [0.25, 0.3) is 5.79 Å². The summed E-state index contributed by atoms with van der Waals surface area (Å²) in [5, 5.41) is 41.0. The smallest absolute Gasteiger partial charge is 0.269 e. The third kappa shape index (κ3) is 10.2. The van der Waals surface area contributed by atoms with Crippen molar-refractivity contribution >= 4 is 5.78 Å². The molecule has 6 atom stereocenters. The topological polar surface area (TPSA) is 107 Å². The zero-order valence-electron chi connectivity index (χ0n) is 23.2. The highest BCUT2D eigenvalue weighted by molar-refractivity contribution is 6.02. The van der Waals surface area contributed by atoms with Crippen LogP contribution in [0.15, 0.2) is 89.8 Å². The molecule has 0 bridgehead atoms. The van der Waals surface area contributed by atoms with Gasteiger partial charge in [-0.15, -0.1) is 0 Å². The Morgan fingerprint density at radius 2 is 1.74 bits per heavy atom. The van der Waals surface area contributed by atoms with Crippen LogP contribution < -0.4 is 0 Å². The van der Waals surface area contributed by atoms with Gasteiger partial charge in [-0.05, 0) is 38.2 Å². The summed E-state index contributed by atoms with van der Waals surface area (Å²) >= 11 is 0. The quantitative estimate of drug-likeness (QED) is 0.257. The molecule has 6 nitrogen and oxygen atoms in total. The summed E-state index contributed by atoms with van der Waals surface area (Å²) in [6.45, 7) is 8.90. The number of aliphatic hydroxyl groups excluding tert-OH is 3. The molecule has 1 aliphatic heterocycles. The molecule has 0 saturated carbocycles. The Morgan fingerprint density at radius 1 is 1.05 bits per heavy atom. The lowest BCUT2D eigenvalue weighted by Gasteiger charge is -2.22. The molecule has 0 fully saturated rings. The van der Waals surface area contributed by atoms with Crippen LogP contribution in [0.4, 0.5) is 0 Å². The van der Waals surface area contributed by atoms with Crippen LogP contribution in [-0.2, 0) is 16.0 Å².